The molecule has 1 aliphatic carbocycles. The van der Waals surface area contributed by atoms with Crippen LogP contribution in [0, 0.1) is 10.8 Å². The number of nitrogens with one attached hydrogen (secondary N) is 2. The lowest BCUT2D eigenvalue weighted by molar-refractivity contribution is -0.129. The summed E-state index contributed by atoms with van der Waals surface area (Å²) in [5.41, 5.74) is 0.564. The Balaban J connectivity index is 1.87. The zero-order valence-corrected chi connectivity index (χ0v) is 14.3. The van der Waals surface area contributed by atoms with Gasteiger partial charge in [0.25, 0.3) is 0 Å². The molecule has 0 bridgehead atoms. The maximum atomic E-state index is 11.7. The Morgan fingerprint density at radius 3 is 2.33 bits per heavy atom. The lowest BCUT2D eigenvalue weighted by Crippen LogP contribution is -2.46. The molecule has 1 atom stereocenters. The molecule has 0 aromatic rings. The quantitative estimate of drug-likeness (QED) is 0.614. The molecule has 2 N–H and O–H groups in total. The van der Waals surface area contributed by atoms with Gasteiger partial charge in [0.1, 0.15) is 0 Å². The first-order chi connectivity index (χ1) is 9.73. The van der Waals surface area contributed by atoms with E-state index in [1.807, 2.05) is 18.9 Å². The number of likely N-dealkylation sites (tertiary alicyclic amines) is 1. The number of carbonyl (C=O) groups excluding carboxylic acids is 1. The molecule has 1 saturated carbocycles. The average Bonchev–Trinajstić information content (AvgIpc) is 2.80. The first-order valence-corrected chi connectivity index (χ1v) is 8.01. The van der Waals surface area contributed by atoms with Crippen LogP contribution in [0.3, 0.4) is 0 Å². The van der Waals surface area contributed by atoms with Crippen molar-refractivity contribution < 1.29 is 4.79 Å². The summed E-state index contributed by atoms with van der Waals surface area (Å²) < 4.78 is 0. The summed E-state index contributed by atoms with van der Waals surface area (Å²) in [6.07, 6.45) is 1.58. The van der Waals surface area contributed by atoms with E-state index in [2.05, 4.69) is 43.3 Å². The minimum absolute atomic E-state index is 0.242. The van der Waals surface area contributed by atoms with E-state index in [0.717, 1.165) is 25.5 Å². The van der Waals surface area contributed by atoms with Crippen LogP contribution in [0.25, 0.3) is 0 Å². The van der Waals surface area contributed by atoms with E-state index in [0.29, 0.717) is 18.5 Å². The monoisotopic (exact) mass is 294 g/mol. The van der Waals surface area contributed by atoms with Crippen molar-refractivity contribution in [1.29, 1.82) is 0 Å². The van der Waals surface area contributed by atoms with Crippen molar-refractivity contribution in [2.45, 2.75) is 59.5 Å². The van der Waals surface area contributed by atoms with Crippen LogP contribution in [0.2, 0.25) is 0 Å². The number of carbonyl (C=O) groups is 1. The fraction of sp³-hybridized carbons (Fsp3) is 0.875. The van der Waals surface area contributed by atoms with E-state index in [1.165, 1.54) is 0 Å². The predicted octanol–water partition coefficient (Wildman–Crippen LogP) is 1.60. The Morgan fingerprint density at radius 1 is 1.24 bits per heavy atom. The maximum absolute atomic E-state index is 11.7. The van der Waals surface area contributed by atoms with Gasteiger partial charge in [0.2, 0.25) is 5.91 Å². The highest BCUT2D eigenvalue weighted by Crippen LogP contribution is 2.62. The van der Waals surface area contributed by atoms with Crippen molar-refractivity contribution in [3.8, 4) is 0 Å². The molecule has 120 valence electrons. The van der Waals surface area contributed by atoms with Crippen molar-refractivity contribution in [3.05, 3.63) is 0 Å². The van der Waals surface area contributed by atoms with Crippen molar-refractivity contribution in [2.24, 2.45) is 15.8 Å². The molecule has 1 amide bonds. The molecule has 1 heterocycles. The second kappa shape index (κ2) is 5.50. The van der Waals surface area contributed by atoms with E-state index in [1.54, 1.807) is 0 Å². The predicted molar refractivity (Wildman–Crippen MR) is 86.3 cm³/mol. The van der Waals surface area contributed by atoms with Gasteiger partial charge in [-0.05, 0) is 17.3 Å². The second-order valence-corrected chi connectivity index (χ2v) is 7.42. The minimum atomic E-state index is 0.242. The first kappa shape index (κ1) is 16.1. The summed E-state index contributed by atoms with van der Waals surface area (Å²) in [4.78, 5) is 18.0. The first-order valence-electron chi connectivity index (χ1n) is 8.01. The Bertz CT molecular complexity index is 428. The molecule has 1 aliphatic heterocycles. The van der Waals surface area contributed by atoms with Crippen LogP contribution < -0.4 is 10.6 Å². The Labute approximate surface area is 128 Å². The van der Waals surface area contributed by atoms with Gasteiger partial charge >= 0.3 is 0 Å². The van der Waals surface area contributed by atoms with Gasteiger partial charge in [-0.15, -0.1) is 0 Å². The molecule has 2 fully saturated rings. The van der Waals surface area contributed by atoms with Gasteiger partial charge in [0.05, 0.1) is 0 Å². The molecule has 2 aliphatic rings. The average molecular weight is 294 g/mol. The zero-order valence-electron chi connectivity index (χ0n) is 14.3. The summed E-state index contributed by atoms with van der Waals surface area (Å²) in [5, 5.41) is 7.01. The number of guanidine groups is 1. The number of nitrogens with zero attached hydrogens (tertiary/aromatic N) is 2. The van der Waals surface area contributed by atoms with Crippen molar-refractivity contribution in [2.75, 3.05) is 20.1 Å². The van der Waals surface area contributed by atoms with E-state index in [-0.39, 0.29) is 16.7 Å². The maximum Gasteiger partial charge on any atom is 0.222 e. The highest BCUT2D eigenvalue weighted by atomic mass is 16.2. The molecule has 5 heteroatoms. The van der Waals surface area contributed by atoms with E-state index in [4.69, 9.17) is 0 Å². The van der Waals surface area contributed by atoms with Crippen LogP contribution in [-0.2, 0) is 4.79 Å². The topological polar surface area (TPSA) is 56.7 Å². The number of amides is 1. The molecule has 21 heavy (non-hydrogen) atoms. The standard InChI is InChI=1S/C16H30N4O/c1-7-12(21)20-9-8-11(10-20)18-14(17-6)19-13-15(2,3)16(13,4)5/h11,13H,7-10H2,1-6H3,(H2,17,18,19). The largest absolute Gasteiger partial charge is 0.353 e. The van der Waals surface area contributed by atoms with Crippen LogP contribution in [0.15, 0.2) is 4.99 Å². The van der Waals surface area contributed by atoms with Crippen LogP contribution in [0.4, 0.5) is 0 Å². The number of rotatable bonds is 3. The fourth-order valence-corrected chi connectivity index (χ4v) is 3.39. The molecule has 0 aromatic heterocycles. The summed E-state index contributed by atoms with van der Waals surface area (Å²) >= 11 is 0. The highest BCUT2D eigenvalue weighted by molar-refractivity contribution is 5.81. The van der Waals surface area contributed by atoms with Gasteiger partial charge in [0.15, 0.2) is 5.96 Å². The molecule has 0 radical (unpaired) electrons. The molecular formula is C16H30N4O. The summed E-state index contributed by atoms with van der Waals surface area (Å²) in [6.45, 7) is 12.7. The molecule has 1 saturated heterocycles. The third-order valence-electron chi connectivity index (χ3n) is 5.71. The number of hydrogen-bond acceptors (Lipinski definition) is 2. The SMILES string of the molecule is CCC(=O)N1CCC(NC(=NC)NC2C(C)(C)C2(C)C)C1. The zero-order chi connectivity index (χ0) is 15.8. The number of aliphatic imine (C=N–C) groups is 1. The van der Waals surface area contributed by atoms with Crippen molar-refractivity contribution >= 4 is 11.9 Å². The summed E-state index contributed by atoms with van der Waals surface area (Å²) in [5.74, 6) is 1.10. The van der Waals surface area contributed by atoms with E-state index in [9.17, 15) is 4.79 Å². The molecule has 0 aromatic carbocycles. The van der Waals surface area contributed by atoms with Crippen LogP contribution in [0.1, 0.15) is 47.5 Å². The third kappa shape index (κ3) is 2.87. The van der Waals surface area contributed by atoms with Crippen LogP contribution in [-0.4, -0.2) is 49.0 Å². The Kier molecular flexibility index (Phi) is 4.22. The van der Waals surface area contributed by atoms with Crippen LogP contribution in [0.5, 0.6) is 0 Å². The molecule has 1 unspecified atom stereocenters. The highest BCUT2D eigenvalue weighted by Gasteiger charge is 2.65. The Hall–Kier alpha value is -1.26. The fourth-order valence-electron chi connectivity index (χ4n) is 3.39. The summed E-state index contributed by atoms with van der Waals surface area (Å²) in [7, 11) is 1.81. The van der Waals surface area contributed by atoms with Gasteiger partial charge in [-0.1, -0.05) is 34.6 Å². The second-order valence-electron chi connectivity index (χ2n) is 7.42. The molecule has 5 nitrogen and oxygen atoms in total. The van der Waals surface area contributed by atoms with Gasteiger partial charge in [0, 0.05) is 38.6 Å². The van der Waals surface area contributed by atoms with E-state index >= 15 is 0 Å². The summed E-state index contributed by atoms with van der Waals surface area (Å²) in [6, 6.07) is 0.739. The van der Waals surface area contributed by atoms with Gasteiger partial charge in [-0.3, -0.25) is 9.79 Å². The number of hydrogen-bond donors (Lipinski definition) is 2. The minimum Gasteiger partial charge on any atom is -0.353 e. The molecule has 2 rings (SSSR count). The lowest BCUT2D eigenvalue weighted by atomic mass is 10.0. The molecular weight excluding hydrogens is 264 g/mol. The Morgan fingerprint density at radius 2 is 1.86 bits per heavy atom. The third-order valence-corrected chi connectivity index (χ3v) is 5.71. The van der Waals surface area contributed by atoms with E-state index < -0.39 is 0 Å². The van der Waals surface area contributed by atoms with Gasteiger partial charge < -0.3 is 15.5 Å². The van der Waals surface area contributed by atoms with Gasteiger partial charge in [-0.2, -0.15) is 0 Å². The van der Waals surface area contributed by atoms with Crippen molar-refractivity contribution in [1.82, 2.24) is 15.5 Å². The molecule has 0 spiro atoms. The van der Waals surface area contributed by atoms with Crippen molar-refractivity contribution in [3.63, 3.8) is 0 Å². The smallest absolute Gasteiger partial charge is 0.222 e. The van der Waals surface area contributed by atoms with Gasteiger partial charge in [-0.25, -0.2) is 0 Å². The lowest BCUT2D eigenvalue weighted by Gasteiger charge is -2.19. The normalized spacial score (nSPS) is 27.6. The van der Waals surface area contributed by atoms with Crippen LogP contribution >= 0.6 is 0 Å².